The fraction of sp³-hybridized carbons (Fsp3) is 0.593. The van der Waals surface area contributed by atoms with Gasteiger partial charge in [0.25, 0.3) is 0 Å². The lowest BCUT2D eigenvalue weighted by atomic mass is 9.92. The molecule has 1 aliphatic heterocycles. The van der Waals surface area contributed by atoms with Gasteiger partial charge in [0.05, 0.1) is 24.2 Å². The Morgan fingerprint density at radius 3 is 2.54 bits per heavy atom. The van der Waals surface area contributed by atoms with Crippen LogP contribution in [-0.4, -0.2) is 93.0 Å². The second kappa shape index (κ2) is 11.7. The molecule has 1 fully saturated rings. The first kappa shape index (κ1) is 27.3. The van der Waals surface area contributed by atoms with Gasteiger partial charge in [0.15, 0.2) is 5.82 Å². The van der Waals surface area contributed by atoms with Crippen LogP contribution < -0.4 is 5.73 Å². The van der Waals surface area contributed by atoms with E-state index in [0.717, 1.165) is 62.0 Å². The van der Waals surface area contributed by atoms with Gasteiger partial charge in [-0.25, -0.2) is 9.97 Å². The van der Waals surface area contributed by atoms with Crippen molar-refractivity contribution in [2.24, 2.45) is 5.41 Å². The first-order chi connectivity index (χ1) is 17.8. The molecule has 3 aromatic rings. The van der Waals surface area contributed by atoms with E-state index in [2.05, 4.69) is 28.1 Å². The zero-order valence-electron chi connectivity index (χ0n) is 22.2. The maximum absolute atomic E-state index is 11.5. The Labute approximate surface area is 218 Å². The lowest BCUT2D eigenvalue weighted by Gasteiger charge is -2.34. The standard InChI is InChI=1S/C27H40N6O4/c1-4-37-15-23-30-24-25(33(23)16-27(3,17-34)18-35)21-8-7-20(14-22(21)29-26(24)28)6-5-9-31-10-12-32(13-11-31)19(2)36/h7-8,14,34-35H,4-6,9-13,15-18H2,1-3H3,(H2,28,29). The summed E-state index contributed by atoms with van der Waals surface area (Å²) in [7, 11) is 0. The average Bonchev–Trinajstić information content (AvgIpc) is 3.26. The normalized spacial score (nSPS) is 15.2. The fourth-order valence-electron chi connectivity index (χ4n) is 4.96. The predicted octanol–water partition coefficient (Wildman–Crippen LogP) is 1.79. The Morgan fingerprint density at radius 1 is 1.16 bits per heavy atom. The van der Waals surface area contributed by atoms with Crippen LogP contribution in [0.15, 0.2) is 18.2 Å². The van der Waals surface area contributed by atoms with Crippen molar-refractivity contribution in [2.45, 2.75) is 46.8 Å². The Hall–Kier alpha value is -2.79. The highest BCUT2D eigenvalue weighted by Crippen LogP contribution is 2.32. The molecule has 0 atom stereocenters. The molecule has 0 unspecified atom stereocenters. The van der Waals surface area contributed by atoms with E-state index in [-0.39, 0.29) is 19.1 Å². The number of nitrogens with zero attached hydrogens (tertiary/aromatic N) is 5. The summed E-state index contributed by atoms with van der Waals surface area (Å²) in [4.78, 5) is 25.3. The van der Waals surface area contributed by atoms with Gasteiger partial charge in [-0.05, 0) is 37.9 Å². The first-order valence-electron chi connectivity index (χ1n) is 13.1. The number of nitrogens with two attached hydrogens (primary N) is 1. The number of piperazine rings is 1. The maximum Gasteiger partial charge on any atom is 0.219 e. The van der Waals surface area contributed by atoms with E-state index < -0.39 is 5.41 Å². The van der Waals surface area contributed by atoms with Crippen molar-refractivity contribution in [3.05, 3.63) is 29.6 Å². The lowest BCUT2D eigenvalue weighted by Crippen LogP contribution is -2.48. The zero-order chi connectivity index (χ0) is 26.6. The molecule has 0 radical (unpaired) electrons. The topological polar surface area (TPSA) is 130 Å². The third-order valence-corrected chi connectivity index (χ3v) is 7.34. The Balaban J connectivity index is 1.58. The first-order valence-corrected chi connectivity index (χ1v) is 13.1. The van der Waals surface area contributed by atoms with Crippen molar-refractivity contribution in [1.82, 2.24) is 24.3 Å². The van der Waals surface area contributed by atoms with Gasteiger partial charge in [0, 0.05) is 57.1 Å². The molecule has 4 N–H and O–H groups in total. The molecule has 4 rings (SSSR count). The molecule has 202 valence electrons. The quantitative estimate of drug-likeness (QED) is 0.355. The summed E-state index contributed by atoms with van der Waals surface area (Å²) in [5.41, 5.74) is 9.10. The molecule has 37 heavy (non-hydrogen) atoms. The third-order valence-electron chi connectivity index (χ3n) is 7.34. The van der Waals surface area contributed by atoms with E-state index in [0.29, 0.717) is 36.9 Å². The van der Waals surface area contributed by atoms with Crippen LogP contribution in [0.3, 0.4) is 0 Å². The number of ether oxygens (including phenoxy) is 1. The second-order valence-corrected chi connectivity index (χ2v) is 10.4. The lowest BCUT2D eigenvalue weighted by molar-refractivity contribution is -0.130. The van der Waals surface area contributed by atoms with Crippen LogP contribution in [-0.2, 0) is 29.1 Å². The number of anilines is 1. The molecule has 1 amide bonds. The van der Waals surface area contributed by atoms with Gasteiger partial charge in [0.1, 0.15) is 17.9 Å². The molecule has 10 nitrogen and oxygen atoms in total. The monoisotopic (exact) mass is 512 g/mol. The molecule has 1 aromatic carbocycles. The minimum Gasteiger partial charge on any atom is -0.396 e. The van der Waals surface area contributed by atoms with Gasteiger partial charge in [-0.1, -0.05) is 19.1 Å². The number of rotatable bonds is 11. The predicted molar refractivity (Wildman–Crippen MR) is 144 cm³/mol. The van der Waals surface area contributed by atoms with E-state index in [4.69, 9.17) is 15.5 Å². The number of amides is 1. The van der Waals surface area contributed by atoms with Gasteiger partial charge in [0.2, 0.25) is 5.91 Å². The van der Waals surface area contributed by atoms with Crippen LogP contribution in [0, 0.1) is 5.41 Å². The van der Waals surface area contributed by atoms with Crippen LogP contribution in [0.2, 0.25) is 0 Å². The average molecular weight is 513 g/mol. The number of nitrogen functional groups attached to an aromatic ring is 1. The molecule has 2 aromatic heterocycles. The van der Waals surface area contributed by atoms with Crippen molar-refractivity contribution in [3.63, 3.8) is 0 Å². The fourth-order valence-corrected chi connectivity index (χ4v) is 4.96. The highest BCUT2D eigenvalue weighted by Gasteiger charge is 2.27. The molecular formula is C27H40N6O4. The number of aliphatic hydroxyl groups is 2. The van der Waals surface area contributed by atoms with Crippen LogP contribution in [0.5, 0.6) is 0 Å². The molecule has 3 heterocycles. The highest BCUT2D eigenvalue weighted by atomic mass is 16.5. The summed E-state index contributed by atoms with van der Waals surface area (Å²) in [5, 5.41) is 20.8. The third kappa shape index (κ3) is 6.04. The molecular weight excluding hydrogens is 472 g/mol. The summed E-state index contributed by atoms with van der Waals surface area (Å²) < 4.78 is 7.67. The number of benzene rings is 1. The molecule has 0 aliphatic carbocycles. The number of aryl methyl sites for hydroxylation is 1. The SMILES string of the molecule is CCOCc1nc2c(N)nc3cc(CCCN4CCN(C(C)=O)CC4)ccc3c2n1CC(C)(CO)CO. The largest absolute Gasteiger partial charge is 0.396 e. The maximum atomic E-state index is 11.5. The molecule has 0 spiro atoms. The summed E-state index contributed by atoms with van der Waals surface area (Å²) in [5.74, 6) is 1.20. The van der Waals surface area contributed by atoms with E-state index in [1.54, 1.807) is 6.92 Å². The van der Waals surface area contributed by atoms with E-state index in [1.165, 1.54) is 5.56 Å². The number of fused-ring (bicyclic) bond motifs is 3. The molecule has 0 bridgehead atoms. The molecule has 10 heteroatoms. The number of aliphatic hydroxyl groups excluding tert-OH is 2. The van der Waals surface area contributed by atoms with E-state index in [9.17, 15) is 15.0 Å². The van der Waals surface area contributed by atoms with Gasteiger partial charge < -0.3 is 30.2 Å². The van der Waals surface area contributed by atoms with E-state index in [1.807, 2.05) is 23.3 Å². The number of aromatic nitrogens is 3. The van der Waals surface area contributed by atoms with Gasteiger partial charge >= 0.3 is 0 Å². The minimum atomic E-state index is -0.727. The summed E-state index contributed by atoms with van der Waals surface area (Å²) in [6, 6.07) is 6.29. The van der Waals surface area contributed by atoms with Crippen LogP contribution in [0.1, 0.15) is 38.6 Å². The molecule has 0 saturated carbocycles. The molecule has 1 aliphatic rings. The Kier molecular flexibility index (Phi) is 8.63. The Morgan fingerprint density at radius 2 is 1.89 bits per heavy atom. The summed E-state index contributed by atoms with van der Waals surface area (Å²) >= 11 is 0. The van der Waals surface area contributed by atoms with Gasteiger partial charge in [-0.3, -0.25) is 9.69 Å². The van der Waals surface area contributed by atoms with Crippen molar-refractivity contribution >= 4 is 33.7 Å². The van der Waals surface area contributed by atoms with Gasteiger partial charge in [-0.15, -0.1) is 0 Å². The number of pyridine rings is 1. The number of carbonyl (C=O) groups is 1. The van der Waals surface area contributed by atoms with Crippen molar-refractivity contribution in [1.29, 1.82) is 0 Å². The van der Waals surface area contributed by atoms with Crippen LogP contribution >= 0.6 is 0 Å². The number of carbonyl (C=O) groups excluding carboxylic acids is 1. The number of imidazole rings is 1. The zero-order valence-corrected chi connectivity index (χ0v) is 22.2. The molecule has 1 saturated heterocycles. The van der Waals surface area contributed by atoms with Crippen molar-refractivity contribution < 1.29 is 19.7 Å². The summed E-state index contributed by atoms with van der Waals surface area (Å²) in [6.07, 6.45) is 1.94. The van der Waals surface area contributed by atoms with Crippen LogP contribution in [0.4, 0.5) is 5.82 Å². The second-order valence-electron chi connectivity index (χ2n) is 10.4. The van der Waals surface area contributed by atoms with Crippen molar-refractivity contribution in [3.8, 4) is 0 Å². The van der Waals surface area contributed by atoms with Gasteiger partial charge in [-0.2, -0.15) is 0 Å². The highest BCUT2D eigenvalue weighted by molar-refractivity contribution is 6.06. The Bertz CT molecular complexity index is 1230. The van der Waals surface area contributed by atoms with Crippen molar-refractivity contribution in [2.75, 3.05) is 58.3 Å². The smallest absolute Gasteiger partial charge is 0.219 e. The minimum absolute atomic E-state index is 0.153. The number of hydrogen-bond donors (Lipinski definition) is 3. The summed E-state index contributed by atoms with van der Waals surface area (Å²) in [6.45, 7) is 10.7. The van der Waals surface area contributed by atoms with Crippen LogP contribution in [0.25, 0.3) is 21.9 Å². The van der Waals surface area contributed by atoms with E-state index >= 15 is 0 Å². The number of hydrogen-bond acceptors (Lipinski definition) is 8.